The van der Waals surface area contributed by atoms with Crippen LogP contribution in [0.15, 0.2) is 189 Å². The van der Waals surface area contributed by atoms with Gasteiger partial charge in [0.15, 0.2) is 5.78 Å². The molecule has 10 nitrogen and oxygen atoms in total. The molecule has 0 N–H and O–H groups in total. The van der Waals surface area contributed by atoms with Crippen LogP contribution >= 0.6 is 0 Å². The Hall–Kier alpha value is -8.64. The first-order valence-corrected chi connectivity index (χ1v) is 25.7. The van der Waals surface area contributed by atoms with Crippen molar-refractivity contribution >= 4 is 33.4 Å². The number of aromatic nitrogens is 6. The average Bonchev–Trinajstić information content (AvgIpc) is 3.96. The molecule has 0 saturated heterocycles. The SMILES string of the molecule is CC1CC(c2ccccc2)(c2cc(OCc3ccc4cc(F)ccc4n3)ccc2-c2ccnc3ncnn23)C1.CC1CC(c2ccccc2)(c2cc(OCc3ccc4cc(F)ccc4n3)ccc2C(=O)/C=C/N(C)C)C1. The van der Waals surface area contributed by atoms with Gasteiger partial charge in [-0.25, -0.2) is 23.7 Å². The van der Waals surface area contributed by atoms with E-state index in [2.05, 4.69) is 106 Å². The lowest BCUT2D eigenvalue weighted by atomic mass is 9.55. The maximum Gasteiger partial charge on any atom is 0.252 e. The van der Waals surface area contributed by atoms with Gasteiger partial charge < -0.3 is 14.4 Å². The third kappa shape index (κ3) is 10.0. The molecule has 0 radical (unpaired) electrons. The largest absolute Gasteiger partial charge is 0.487 e. The number of benzene rings is 6. The minimum atomic E-state index is -0.279. The predicted octanol–water partition coefficient (Wildman–Crippen LogP) is 13.7. The van der Waals surface area contributed by atoms with Crippen molar-refractivity contribution in [1.29, 1.82) is 0 Å². The highest BCUT2D eigenvalue weighted by Gasteiger charge is 2.48. The molecule has 2 saturated carbocycles. The molecule has 2 aliphatic rings. The number of nitrogens with zero attached hydrogens (tertiary/aromatic N) is 7. The molecule has 0 amide bonds. The molecule has 0 aliphatic heterocycles. The number of ether oxygens (including phenoxy) is 2. The number of halogens is 2. The summed E-state index contributed by atoms with van der Waals surface area (Å²) in [7, 11) is 3.80. The number of fused-ring (bicyclic) bond motifs is 3. The van der Waals surface area contributed by atoms with Crippen LogP contribution in [0.25, 0.3) is 38.8 Å². The third-order valence-corrected chi connectivity index (χ3v) is 14.9. The molecule has 0 bridgehead atoms. The van der Waals surface area contributed by atoms with Crippen LogP contribution < -0.4 is 9.47 Å². The number of hydrogen-bond donors (Lipinski definition) is 0. The predicted molar refractivity (Wildman–Crippen MR) is 293 cm³/mol. The lowest BCUT2D eigenvalue weighted by molar-refractivity contribution is 0.103. The Kier molecular flexibility index (Phi) is 13.7. The monoisotopic (exact) mass is 1010 g/mol. The summed E-state index contributed by atoms with van der Waals surface area (Å²) in [5.74, 6) is 2.64. The van der Waals surface area contributed by atoms with E-state index in [4.69, 9.17) is 9.47 Å². The minimum absolute atomic E-state index is 0.0199. The Morgan fingerprint density at radius 3 is 1.72 bits per heavy atom. The topological polar surface area (TPSA) is 108 Å². The number of ketones is 1. The van der Waals surface area contributed by atoms with Crippen LogP contribution in [0.2, 0.25) is 0 Å². The van der Waals surface area contributed by atoms with Crippen LogP contribution in [0.4, 0.5) is 8.78 Å². The first-order chi connectivity index (χ1) is 36.9. The van der Waals surface area contributed by atoms with Crippen molar-refractivity contribution in [3.63, 3.8) is 0 Å². The number of allylic oxidation sites excluding steroid dienone is 1. The van der Waals surface area contributed by atoms with Gasteiger partial charge in [0.05, 0.1) is 28.1 Å². The van der Waals surface area contributed by atoms with Gasteiger partial charge in [0.25, 0.3) is 5.78 Å². The van der Waals surface area contributed by atoms with E-state index in [0.717, 1.165) is 81.4 Å². The van der Waals surface area contributed by atoms with E-state index in [1.165, 1.54) is 47.3 Å². The highest BCUT2D eigenvalue weighted by molar-refractivity contribution is 6.06. The summed E-state index contributed by atoms with van der Waals surface area (Å²) in [6, 6.07) is 51.9. The van der Waals surface area contributed by atoms with Gasteiger partial charge in [0.1, 0.15) is 42.7 Å². The van der Waals surface area contributed by atoms with Crippen LogP contribution in [0, 0.1) is 23.5 Å². The normalized spacial score (nSPS) is 18.9. The molecule has 2 aliphatic carbocycles. The summed E-state index contributed by atoms with van der Waals surface area (Å²) < 4.78 is 41.4. The number of hydrogen-bond acceptors (Lipinski definition) is 9. The van der Waals surface area contributed by atoms with Gasteiger partial charge in [0.2, 0.25) is 0 Å². The zero-order valence-electron chi connectivity index (χ0n) is 42.9. The van der Waals surface area contributed by atoms with Gasteiger partial charge in [-0.1, -0.05) is 86.6 Å². The van der Waals surface area contributed by atoms with Crippen molar-refractivity contribution in [2.24, 2.45) is 11.8 Å². The standard InChI is InChI=1S/C32H26FN5O.C32H31FN2O2/c1-21-17-32(18-21,23-5-3-2-4-6-23)28-16-26(10-11-27(28)30-13-14-34-31-35-20-36-38(30)31)39-19-25-9-7-22-15-24(33)8-12-29(22)37-25;1-22-19-32(20-22,24-7-5-4-6-8-24)29-18-27(12-13-28(29)31(36)15-16-35(2)3)37-21-26-11-9-23-17-25(33)10-14-30(23)34-26/h2-16,20-21H,17-19H2,1H3;4-18,22H,19-21H2,1-3H3/b;16-15+. The van der Waals surface area contributed by atoms with Gasteiger partial charge in [-0.2, -0.15) is 14.6 Å². The third-order valence-electron chi connectivity index (χ3n) is 14.9. The molecule has 76 heavy (non-hydrogen) atoms. The summed E-state index contributed by atoms with van der Waals surface area (Å²) in [5, 5.41) is 5.98. The lowest BCUT2D eigenvalue weighted by Gasteiger charge is -2.48. The summed E-state index contributed by atoms with van der Waals surface area (Å²) in [5.41, 5.74) is 10.1. The zero-order valence-corrected chi connectivity index (χ0v) is 42.9. The van der Waals surface area contributed by atoms with Crippen LogP contribution in [-0.2, 0) is 24.0 Å². The van der Waals surface area contributed by atoms with E-state index in [9.17, 15) is 13.6 Å². The number of carbonyl (C=O) groups excluding carboxylic acids is 1. The summed E-state index contributed by atoms with van der Waals surface area (Å²) >= 11 is 0. The van der Waals surface area contributed by atoms with Crippen molar-refractivity contribution in [2.45, 2.75) is 63.6 Å². The van der Waals surface area contributed by atoms with Crippen LogP contribution in [-0.4, -0.2) is 54.3 Å². The van der Waals surface area contributed by atoms with E-state index in [1.54, 1.807) is 35.1 Å². The van der Waals surface area contributed by atoms with Gasteiger partial charge in [-0.15, -0.1) is 0 Å². The van der Waals surface area contributed by atoms with E-state index in [0.29, 0.717) is 35.5 Å². The van der Waals surface area contributed by atoms with E-state index < -0.39 is 0 Å². The Morgan fingerprint density at radius 1 is 0.632 bits per heavy atom. The van der Waals surface area contributed by atoms with Crippen molar-refractivity contribution in [3.05, 3.63) is 239 Å². The smallest absolute Gasteiger partial charge is 0.252 e. The van der Waals surface area contributed by atoms with E-state index in [-0.39, 0.29) is 34.9 Å². The van der Waals surface area contributed by atoms with Crippen LogP contribution in [0.3, 0.4) is 0 Å². The zero-order chi connectivity index (χ0) is 52.4. The van der Waals surface area contributed by atoms with E-state index >= 15 is 0 Å². The Bertz CT molecular complexity index is 3760. The second-order valence-corrected chi connectivity index (χ2v) is 20.6. The van der Waals surface area contributed by atoms with E-state index in [1.807, 2.05) is 79.7 Å². The summed E-state index contributed by atoms with van der Waals surface area (Å²) in [6.45, 7) is 5.14. The number of carbonyl (C=O) groups is 1. The highest BCUT2D eigenvalue weighted by Crippen LogP contribution is 2.56. The summed E-state index contributed by atoms with van der Waals surface area (Å²) in [4.78, 5) is 33.1. The first-order valence-electron chi connectivity index (χ1n) is 25.7. The van der Waals surface area contributed by atoms with Gasteiger partial charge >= 0.3 is 0 Å². The molecule has 2 fully saturated rings. The molecular formula is C64H57F2N7O3. The van der Waals surface area contributed by atoms with Crippen LogP contribution in [0.5, 0.6) is 11.5 Å². The van der Waals surface area contributed by atoms with Crippen molar-refractivity contribution in [1.82, 2.24) is 34.4 Å². The molecule has 4 heterocycles. The maximum atomic E-state index is 13.6. The minimum Gasteiger partial charge on any atom is -0.487 e. The Balaban J connectivity index is 0.000000163. The fraction of sp³-hybridized carbons (Fsp3) is 0.219. The van der Waals surface area contributed by atoms with Crippen LogP contribution in [0.1, 0.15) is 83.5 Å². The molecule has 0 atom stereocenters. The van der Waals surface area contributed by atoms with Gasteiger partial charge in [0, 0.05) is 65.3 Å². The highest BCUT2D eigenvalue weighted by atomic mass is 19.1. The molecule has 12 rings (SSSR count). The molecule has 12 heteroatoms. The number of pyridine rings is 2. The summed E-state index contributed by atoms with van der Waals surface area (Å²) in [6.07, 6.45) is 10.8. The Labute approximate surface area is 440 Å². The quantitative estimate of drug-likeness (QED) is 0.0777. The molecule has 0 unspecified atom stereocenters. The molecule has 4 aromatic heterocycles. The molecule has 0 spiro atoms. The van der Waals surface area contributed by atoms with Crippen molar-refractivity contribution < 1.29 is 23.0 Å². The average molecular weight is 1010 g/mol. The second-order valence-electron chi connectivity index (χ2n) is 20.6. The lowest BCUT2D eigenvalue weighted by Crippen LogP contribution is -2.42. The maximum absolute atomic E-state index is 13.6. The van der Waals surface area contributed by atoms with Gasteiger partial charge in [-0.05, 0) is 151 Å². The molecular weight excluding hydrogens is 953 g/mol. The fourth-order valence-corrected chi connectivity index (χ4v) is 11.5. The first kappa shape index (κ1) is 49.6. The van der Waals surface area contributed by atoms with Crippen molar-refractivity contribution in [2.75, 3.05) is 14.1 Å². The fourth-order valence-electron chi connectivity index (χ4n) is 11.5. The van der Waals surface area contributed by atoms with Crippen molar-refractivity contribution in [3.8, 4) is 22.8 Å². The number of rotatable bonds is 14. The van der Waals surface area contributed by atoms with Gasteiger partial charge in [-0.3, -0.25) is 4.79 Å². The Morgan fingerprint density at radius 2 is 1.17 bits per heavy atom. The second kappa shape index (κ2) is 20.9. The molecule has 380 valence electrons. The molecule has 6 aromatic carbocycles. The molecule has 10 aromatic rings.